The smallest absolute Gasteiger partial charge is 0.407 e. The molecule has 0 bridgehead atoms. The van der Waals surface area contributed by atoms with E-state index in [9.17, 15) is 53.1 Å². The maximum atomic E-state index is 15.1. The zero-order chi connectivity index (χ0) is 84.7. The number of nitrogens with two attached hydrogens (primary N) is 1. The number of para-hydroxylation sites is 1. The average molecular weight is 1630 g/mol. The molecule has 31 heteroatoms. The molecule has 10 amide bonds. The van der Waals surface area contributed by atoms with E-state index in [2.05, 4.69) is 56.0 Å². The van der Waals surface area contributed by atoms with Gasteiger partial charge in [0.2, 0.25) is 29.5 Å². The number of aromatic nitrogens is 1. The summed E-state index contributed by atoms with van der Waals surface area (Å²) >= 11 is 1.07. The van der Waals surface area contributed by atoms with E-state index in [1.165, 1.54) is 17.5 Å². The molecule has 0 radical (unpaired) electrons. The molecule has 1 aromatic heterocycles. The number of hydrogen-bond donors (Lipinski definition) is 9. The highest BCUT2D eigenvalue weighted by Gasteiger charge is 2.41. The van der Waals surface area contributed by atoms with Crippen molar-refractivity contribution < 1.29 is 86.4 Å². The van der Waals surface area contributed by atoms with E-state index >= 15 is 4.79 Å². The Kier molecular flexibility index (Phi) is 41.3. The van der Waals surface area contributed by atoms with Gasteiger partial charge in [0.25, 0.3) is 11.8 Å². The maximum absolute atomic E-state index is 15.1. The number of carbonyl (C=O) groups excluding carboxylic acids is 10. The molecule has 1 saturated heterocycles. The molecule has 0 aliphatic carbocycles. The van der Waals surface area contributed by atoms with Gasteiger partial charge in [0, 0.05) is 86.4 Å². The first kappa shape index (κ1) is 95.4. The van der Waals surface area contributed by atoms with Crippen LogP contribution in [-0.2, 0) is 79.8 Å². The van der Waals surface area contributed by atoms with E-state index in [-0.39, 0.29) is 156 Å². The van der Waals surface area contributed by atoms with Crippen LogP contribution in [0.15, 0.2) is 78.2 Å². The summed E-state index contributed by atoms with van der Waals surface area (Å²) in [6.07, 6.45) is 3.93. The van der Waals surface area contributed by atoms with Crippen molar-refractivity contribution in [2.45, 2.75) is 208 Å². The number of nitrogens with zero attached hydrogens (tertiary/aromatic N) is 4. The van der Waals surface area contributed by atoms with Crippen LogP contribution in [0.25, 0.3) is 0 Å². The number of amides is 10. The summed E-state index contributed by atoms with van der Waals surface area (Å²) in [7, 11) is 3.32. The second-order valence-electron chi connectivity index (χ2n) is 30.8. The van der Waals surface area contributed by atoms with Gasteiger partial charge in [-0.2, -0.15) is 0 Å². The fraction of sp³-hybridized carbons (Fsp3) is 0.600. The second-order valence-corrected chi connectivity index (χ2v) is 31.7. The van der Waals surface area contributed by atoms with Crippen LogP contribution in [0.2, 0.25) is 0 Å². The van der Waals surface area contributed by atoms with Gasteiger partial charge in [-0.3, -0.25) is 52.9 Å². The zero-order valence-corrected chi connectivity index (χ0v) is 70.3. The fourth-order valence-corrected chi connectivity index (χ4v) is 14.3. The number of carboxylic acids is 1. The van der Waals surface area contributed by atoms with Gasteiger partial charge in [-0.05, 0) is 132 Å². The molecular weight excluding hydrogens is 1510 g/mol. The SMILES string of the molecule is CCCCCON(C(=O)[C@@H](NC(=O)[C@H]1CCCCN1C)[C@@H](C)CC)[C@H](C[C@@H](OC(=O)NC)c1nc(C(=O)N[C@@H](Cc2ccc(NC(=O)[C@H](CCCNC(N)=O)CC(=O)[C@@H](NC(=O)CCOCCOCCOCCOCCNC(=O)CCC(=O)N3Cc4ccccc4C#Cc4ccccc43)C(C)C)cc2)CC(C)(C)C(=O)O)cs1)C(C)C. The third-order valence-corrected chi connectivity index (χ3v) is 21.4. The number of carboxylic acid groups (broad SMARTS) is 1. The number of benzene rings is 3. The number of primary amides is 1. The highest BCUT2D eigenvalue weighted by Crippen LogP contribution is 2.34. The number of likely N-dealkylation sites (tertiary alicyclic amines) is 1. The van der Waals surface area contributed by atoms with Crippen molar-refractivity contribution in [1.29, 1.82) is 0 Å². The number of ether oxygens (including phenoxy) is 5. The monoisotopic (exact) mass is 1630 g/mol. The predicted molar refractivity (Wildman–Crippen MR) is 441 cm³/mol. The molecule has 116 heavy (non-hydrogen) atoms. The number of piperidine rings is 1. The first-order valence-electron chi connectivity index (χ1n) is 40.7. The lowest BCUT2D eigenvalue weighted by atomic mass is 9.84. The number of carbonyl (C=O) groups is 11. The Bertz CT molecular complexity index is 3900. The van der Waals surface area contributed by atoms with Crippen molar-refractivity contribution in [2.75, 3.05) is 103 Å². The Hall–Kier alpha value is -9.42. The number of unbranched alkanes of at least 4 members (excludes halogenated alkanes) is 2. The lowest BCUT2D eigenvalue weighted by Gasteiger charge is -2.39. The van der Waals surface area contributed by atoms with Crippen molar-refractivity contribution in [3.05, 3.63) is 111 Å². The Labute approximate surface area is 686 Å². The number of anilines is 2. The fourth-order valence-electron chi connectivity index (χ4n) is 13.4. The molecule has 638 valence electrons. The van der Waals surface area contributed by atoms with Crippen molar-refractivity contribution in [3.8, 4) is 11.8 Å². The van der Waals surface area contributed by atoms with Crippen LogP contribution in [0.3, 0.4) is 0 Å². The van der Waals surface area contributed by atoms with Gasteiger partial charge in [-0.25, -0.2) is 19.6 Å². The molecule has 10 N–H and O–H groups in total. The van der Waals surface area contributed by atoms with Gasteiger partial charge in [0.1, 0.15) is 16.7 Å². The van der Waals surface area contributed by atoms with E-state index in [4.69, 9.17) is 39.2 Å². The summed E-state index contributed by atoms with van der Waals surface area (Å²) in [5, 5.41) is 33.0. The van der Waals surface area contributed by atoms with Crippen LogP contribution in [0.5, 0.6) is 0 Å². The number of hydrogen-bond acceptors (Lipinski definition) is 20. The molecule has 4 aromatic rings. The topological polar surface area (TPSA) is 396 Å². The Morgan fingerprint density at radius 3 is 2.03 bits per heavy atom. The molecule has 30 nitrogen and oxygen atoms in total. The zero-order valence-electron chi connectivity index (χ0n) is 69.4. The molecule has 3 heterocycles. The van der Waals surface area contributed by atoms with Crippen LogP contribution in [0.4, 0.5) is 21.0 Å². The highest BCUT2D eigenvalue weighted by molar-refractivity contribution is 7.09. The average Bonchev–Trinajstić information content (AvgIpc) is 1.40. The number of fused-ring (bicyclic) bond motifs is 2. The third-order valence-electron chi connectivity index (χ3n) is 20.5. The summed E-state index contributed by atoms with van der Waals surface area (Å²) in [5.41, 5.74) is 8.24. The molecule has 1 fully saturated rings. The first-order valence-corrected chi connectivity index (χ1v) is 41.6. The molecular formula is C85H124N12O18S. The number of ketones is 1. The molecule has 0 saturated carbocycles. The third kappa shape index (κ3) is 32.2. The van der Waals surface area contributed by atoms with Crippen molar-refractivity contribution in [2.24, 2.45) is 34.8 Å². The Morgan fingerprint density at radius 1 is 0.724 bits per heavy atom. The maximum Gasteiger partial charge on any atom is 0.407 e. The van der Waals surface area contributed by atoms with E-state index in [1.807, 2.05) is 88.2 Å². The molecule has 0 spiro atoms. The molecule has 2 aliphatic heterocycles. The van der Waals surface area contributed by atoms with Crippen LogP contribution in [0.1, 0.15) is 202 Å². The summed E-state index contributed by atoms with van der Waals surface area (Å²) in [6.45, 7) is 20.0. The normalized spacial score (nSPS) is 15.2. The van der Waals surface area contributed by atoms with E-state index < -0.39 is 89.4 Å². The standard InChI is InChI=1S/C85H124N12O18S/c1-12-14-21-41-114-97(81(105)76(58(7)13-2)94-79(104)68-28-19-20-40-95(68)11)69(56(3)4)52-71(115-84(109)87-10)80-92-66(55-116-80)78(103)91-65(53-85(8,9)82(106)107)50-59-29-33-64(34-30-59)90-77(102)62(26-22-38-89-83(86)108)51-70(98)75(57(5)6)93-73(100)37-42-110-44-46-112-48-49-113-47-45-111-43-39-88-72(99)35-36-74(101)96-54-63-25-16-15-23-60(63)31-32-61-24-17-18-27-67(61)96/h15-18,23-25,27,29-30,33-34,55-58,62,65,68-69,71,75-76H,12-14,19-22,26,28,35-54H2,1-11H3,(H,87,109)(H,88,99)(H,90,102)(H,91,103)(H,93,100)(H,94,104)(H,106,107)(H3,86,89,108)/t58-,62+,65-,68+,69+,71+,75-,76-/m0/s1. The van der Waals surface area contributed by atoms with Crippen molar-refractivity contribution in [3.63, 3.8) is 0 Å². The van der Waals surface area contributed by atoms with E-state index in [0.717, 1.165) is 60.3 Å². The van der Waals surface area contributed by atoms with E-state index in [1.54, 1.807) is 56.9 Å². The predicted octanol–water partition coefficient (Wildman–Crippen LogP) is 9.17. The minimum atomic E-state index is -1.32. The minimum Gasteiger partial charge on any atom is -0.481 e. The Morgan fingerprint density at radius 2 is 1.39 bits per heavy atom. The number of Topliss-reactive ketones (excluding diaryl/α,β-unsaturated/α-hetero) is 1. The van der Waals surface area contributed by atoms with Crippen LogP contribution < -0.4 is 47.9 Å². The molecule has 2 aliphatic rings. The van der Waals surface area contributed by atoms with Gasteiger partial charge >= 0.3 is 18.1 Å². The number of alkyl carbamates (subject to hydrolysis) is 1. The summed E-state index contributed by atoms with van der Waals surface area (Å²) in [5.74, 6) is 0.416. The highest BCUT2D eigenvalue weighted by atomic mass is 32.1. The van der Waals surface area contributed by atoms with Gasteiger partial charge in [-0.15, -0.1) is 11.3 Å². The lowest BCUT2D eigenvalue weighted by molar-refractivity contribution is -0.212. The Balaban J connectivity index is 0.965. The lowest BCUT2D eigenvalue weighted by Crippen LogP contribution is -2.58. The number of rotatable bonds is 52. The molecule has 6 rings (SSSR count). The van der Waals surface area contributed by atoms with Crippen LogP contribution >= 0.6 is 11.3 Å². The number of likely N-dealkylation sites (N-methyl/N-ethyl adjacent to an activating group) is 1. The van der Waals surface area contributed by atoms with Gasteiger partial charge in [-0.1, -0.05) is 128 Å². The summed E-state index contributed by atoms with van der Waals surface area (Å²) < 4.78 is 28.4. The van der Waals surface area contributed by atoms with Crippen molar-refractivity contribution >= 4 is 87.9 Å². The van der Waals surface area contributed by atoms with Crippen molar-refractivity contribution in [1.82, 2.24) is 46.8 Å². The molecule has 8 atom stereocenters. The van der Waals surface area contributed by atoms with Crippen LogP contribution in [0, 0.1) is 40.9 Å². The number of hydroxylamine groups is 2. The quantitative estimate of drug-likeness (QED) is 0.0113. The summed E-state index contributed by atoms with van der Waals surface area (Å²) in [4.78, 5) is 163. The number of urea groups is 1. The first-order chi connectivity index (χ1) is 55.5. The van der Waals surface area contributed by atoms with E-state index in [0.29, 0.717) is 69.0 Å². The number of aliphatic carboxylic acids is 1. The minimum absolute atomic E-state index is 0.00513. The number of thiazole rings is 1. The summed E-state index contributed by atoms with van der Waals surface area (Å²) in [6, 6.07) is 17.4. The molecule has 0 unspecified atom stereocenters. The van der Waals surface area contributed by atoms with Gasteiger partial charge in [0.05, 0.1) is 95.2 Å². The second kappa shape index (κ2) is 50.3. The van der Waals surface area contributed by atoms with Gasteiger partial charge in [0.15, 0.2) is 11.9 Å². The van der Waals surface area contributed by atoms with Crippen LogP contribution in [-0.4, -0.2) is 209 Å². The van der Waals surface area contributed by atoms with Gasteiger partial charge < -0.3 is 76.6 Å². The largest absolute Gasteiger partial charge is 0.481 e. The molecule has 3 aromatic carbocycles. The number of nitrogens with one attached hydrogen (secondary N) is 7.